The molecular formula is C20H30O4. The SMILES string of the molecule is CCCCCCOC(=O)c1cccc(CCCCCC)c1C(=O)O. The lowest BCUT2D eigenvalue weighted by atomic mass is 9.96. The highest BCUT2D eigenvalue weighted by Crippen LogP contribution is 2.19. The summed E-state index contributed by atoms with van der Waals surface area (Å²) in [5.41, 5.74) is 0.998. The van der Waals surface area contributed by atoms with E-state index in [2.05, 4.69) is 13.8 Å². The summed E-state index contributed by atoms with van der Waals surface area (Å²) in [4.78, 5) is 23.9. The smallest absolute Gasteiger partial charge is 0.339 e. The molecule has 4 nitrogen and oxygen atoms in total. The average molecular weight is 334 g/mol. The number of aromatic carboxylic acids is 1. The van der Waals surface area contributed by atoms with E-state index in [1.165, 1.54) is 0 Å². The first kappa shape index (κ1) is 20.2. The molecule has 0 spiro atoms. The van der Waals surface area contributed by atoms with Gasteiger partial charge in [0.25, 0.3) is 0 Å². The molecule has 0 heterocycles. The molecule has 1 aromatic rings. The standard InChI is InChI=1S/C20H30O4/c1-3-5-7-9-12-16-13-11-14-17(18(16)19(21)22)20(23)24-15-10-8-6-4-2/h11,13-14H,3-10,12,15H2,1-2H3,(H,21,22). The second-order valence-electron chi connectivity index (χ2n) is 6.15. The number of esters is 1. The lowest BCUT2D eigenvalue weighted by Crippen LogP contribution is -2.15. The van der Waals surface area contributed by atoms with Crippen molar-refractivity contribution in [3.05, 3.63) is 34.9 Å². The summed E-state index contributed by atoms with van der Waals surface area (Å²) in [5, 5.41) is 9.53. The van der Waals surface area contributed by atoms with Crippen LogP contribution in [0.3, 0.4) is 0 Å². The molecule has 0 bridgehead atoms. The van der Waals surface area contributed by atoms with E-state index in [1.54, 1.807) is 18.2 Å². The van der Waals surface area contributed by atoms with Crippen LogP contribution in [0.15, 0.2) is 18.2 Å². The summed E-state index contributed by atoms with van der Waals surface area (Å²) in [6.45, 7) is 4.61. The second kappa shape index (κ2) is 11.7. The van der Waals surface area contributed by atoms with Crippen molar-refractivity contribution in [1.29, 1.82) is 0 Å². The Hall–Kier alpha value is -1.84. The molecule has 0 saturated heterocycles. The van der Waals surface area contributed by atoms with E-state index in [4.69, 9.17) is 4.74 Å². The van der Waals surface area contributed by atoms with Crippen molar-refractivity contribution in [3.8, 4) is 0 Å². The maximum atomic E-state index is 12.2. The number of benzene rings is 1. The van der Waals surface area contributed by atoms with Crippen LogP contribution in [-0.4, -0.2) is 23.7 Å². The number of hydrogen-bond acceptors (Lipinski definition) is 3. The Labute approximate surface area is 145 Å². The molecule has 0 aromatic heterocycles. The van der Waals surface area contributed by atoms with Gasteiger partial charge in [0, 0.05) is 0 Å². The van der Waals surface area contributed by atoms with Crippen LogP contribution >= 0.6 is 0 Å². The van der Waals surface area contributed by atoms with Gasteiger partial charge >= 0.3 is 11.9 Å². The molecule has 1 aromatic carbocycles. The largest absolute Gasteiger partial charge is 0.478 e. The summed E-state index contributed by atoms with van der Waals surface area (Å²) in [7, 11) is 0. The van der Waals surface area contributed by atoms with Gasteiger partial charge in [-0.3, -0.25) is 0 Å². The minimum atomic E-state index is -1.06. The summed E-state index contributed by atoms with van der Waals surface area (Å²) < 4.78 is 5.26. The molecule has 0 saturated carbocycles. The lowest BCUT2D eigenvalue weighted by Gasteiger charge is -2.11. The first-order chi connectivity index (χ1) is 11.6. The van der Waals surface area contributed by atoms with E-state index in [-0.39, 0.29) is 11.1 Å². The number of carbonyl (C=O) groups excluding carboxylic acids is 1. The van der Waals surface area contributed by atoms with Crippen LogP contribution in [0.4, 0.5) is 0 Å². The van der Waals surface area contributed by atoms with E-state index < -0.39 is 11.9 Å². The van der Waals surface area contributed by atoms with Gasteiger partial charge in [0.1, 0.15) is 0 Å². The monoisotopic (exact) mass is 334 g/mol. The zero-order chi connectivity index (χ0) is 17.8. The Morgan fingerprint density at radius 3 is 2.25 bits per heavy atom. The molecule has 24 heavy (non-hydrogen) atoms. The number of carboxylic acid groups (broad SMARTS) is 1. The molecule has 0 radical (unpaired) electrons. The van der Waals surface area contributed by atoms with E-state index in [0.29, 0.717) is 13.0 Å². The third kappa shape index (κ3) is 6.73. The molecule has 134 valence electrons. The maximum Gasteiger partial charge on any atom is 0.339 e. The molecule has 0 unspecified atom stereocenters. The van der Waals surface area contributed by atoms with Crippen LogP contribution in [0.25, 0.3) is 0 Å². The van der Waals surface area contributed by atoms with Crippen molar-refractivity contribution in [3.63, 3.8) is 0 Å². The zero-order valence-corrected chi connectivity index (χ0v) is 15.0. The topological polar surface area (TPSA) is 63.6 Å². The number of aryl methyl sites for hydroxylation is 1. The average Bonchev–Trinajstić information content (AvgIpc) is 2.58. The van der Waals surface area contributed by atoms with Gasteiger partial charge in [0.15, 0.2) is 0 Å². The molecular weight excluding hydrogens is 304 g/mol. The Balaban J connectivity index is 2.74. The van der Waals surface area contributed by atoms with Crippen LogP contribution in [0, 0.1) is 0 Å². The number of unbranched alkanes of at least 4 members (excludes halogenated alkanes) is 6. The number of rotatable bonds is 12. The van der Waals surface area contributed by atoms with Gasteiger partial charge in [-0.2, -0.15) is 0 Å². The Morgan fingerprint density at radius 1 is 0.958 bits per heavy atom. The Morgan fingerprint density at radius 2 is 1.62 bits per heavy atom. The molecule has 0 aliphatic heterocycles. The molecule has 0 aliphatic rings. The number of hydrogen-bond donors (Lipinski definition) is 1. The highest BCUT2D eigenvalue weighted by atomic mass is 16.5. The van der Waals surface area contributed by atoms with Crippen molar-refractivity contribution < 1.29 is 19.4 Å². The second-order valence-corrected chi connectivity index (χ2v) is 6.15. The van der Waals surface area contributed by atoms with Gasteiger partial charge < -0.3 is 9.84 Å². The highest BCUT2D eigenvalue weighted by molar-refractivity contribution is 6.03. The third-order valence-corrected chi connectivity index (χ3v) is 4.12. The molecule has 0 amide bonds. The molecule has 0 atom stereocenters. The normalized spacial score (nSPS) is 10.6. The predicted molar refractivity (Wildman–Crippen MR) is 95.7 cm³/mol. The molecule has 4 heteroatoms. The zero-order valence-electron chi connectivity index (χ0n) is 15.0. The van der Waals surface area contributed by atoms with Crippen LogP contribution in [-0.2, 0) is 11.2 Å². The fraction of sp³-hybridized carbons (Fsp3) is 0.600. The third-order valence-electron chi connectivity index (χ3n) is 4.12. The van der Waals surface area contributed by atoms with E-state index in [1.807, 2.05) is 0 Å². The molecule has 1 N–H and O–H groups in total. The minimum absolute atomic E-state index is 0.104. The first-order valence-electron chi connectivity index (χ1n) is 9.14. The highest BCUT2D eigenvalue weighted by Gasteiger charge is 2.21. The van der Waals surface area contributed by atoms with Crippen LogP contribution in [0.5, 0.6) is 0 Å². The first-order valence-corrected chi connectivity index (χ1v) is 9.14. The maximum absolute atomic E-state index is 12.2. The van der Waals surface area contributed by atoms with E-state index in [9.17, 15) is 14.7 Å². The minimum Gasteiger partial charge on any atom is -0.478 e. The van der Waals surface area contributed by atoms with Gasteiger partial charge in [-0.05, 0) is 30.9 Å². The summed E-state index contributed by atoms with van der Waals surface area (Å²) in [6, 6.07) is 5.09. The molecule has 1 rings (SSSR count). The van der Waals surface area contributed by atoms with Crippen LogP contribution < -0.4 is 0 Å². The fourth-order valence-electron chi connectivity index (χ4n) is 2.74. The number of ether oxygens (including phenoxy) is 1. The van der Waals surface area contributed by atoms with Crippen molar-refractivity contribution in [2.24, 2.45) is 0 Å². The van der Waals surface area contributed by atoms with Gasteiger partial charge in [-0.25, -0.2) is 9.59 Å². The molecule has 0 aliphatic carbocycles. The van der Waals surface area contributed by atoms with Gasteiger partial charge in [-0.15, -0.1) is 0 Å². The van der Waals surface area contributed by atoms with Gasteiger partial charge in [0.05, 0.1) is 17.7 Å². The fourth-order valence-corrected chi connectivity index (χ4v) is 2.74. The quantitative estimate of drug-likeness (QED) is 0.419. The van der Waals surface area contributed by atoms with Crippen LogP contribution in [0.1, 0.15) is 91.5 Å². The van der Waals surface area contributed by atoms with Crippen LogP contribution in [0.2, 0.25) is 0 Å². The Bertz CT molecular complexity index is 522. The number of carboxylic acids is 1. The summed E-state index contributed by atoms with van der Waals surface area (Å²) in [6.07, 6.45) is 9.04. The van der Waals surface area contributed by atoms with E-state index >= 15 is 0 Å². The van der Waals surface area contributed by atoms with Gasteiger partial charge in [-0.1, -0.05) is 64.5 Å². The Kier molecular flexibility index (Phi) is 9.81. The van der Waals surface area contributed by atoms with Crippen molar-refractivity contribution in [1.82, 2.24) is 0 Å². The van der Waals surface area contributed by atoms with Crippen molar-refractivity contribution >= 4 is 11.9 Å². The van der Waals surface area contributed by atoms with Crippen molar-refractivity contribution in [2.75, 3.05) is 6.61 Å². The van der Waals surface area contributed by atoms with E-state index in [0.717, 1.165) is 56.9 Å². The molecule has 0 fully saturated rings. The summed E-state index contributed by atoms with van der Waals surface area (Å²) >= 11 is 0. The predicted octanol–water partition coefficient (Wildman–Crippen LogP) is 5.24. The lowest BCUT2D eigenvalue weighted by molar-refractivity contribution is 0.0487. The van der Waals surface area contributed by atoms with Crippen molar-refractivity contribution in [2.45, 2.75) is 71.6 Å². The number of carbonyl (C=O) groups is 2. The summed E-state index contributed by atoms with van der Waals surface area (Å²) in [5.74, 6) is -1.58. The van der Waals surface area contributed by atoms with Gasteiger partial charge in [0.2, 0.25) is 0 Å².